The van der Waals surface area contributed by atoms with Gasteiger partial charge in [0.15, 0.2) is 0 Å². The molecule has 0 fully saturated rings. The van der Waals surface area contributed by atoms with Crippen molar-refractivity contribution in [1.29, 1.82) is 0 Å². The molecule has 6 heteroatoms. The van der Waals surface area contributed by atoms with E-state index < -0.39 is 5.82 Å². The lowest BCUT2D eigenvalue weighted by Crippen LogP contribution is -2.28. The molecule has 1 amide bonds. The molecule has 2 rings (SSSR count). The second-order valence-electron chi connectivity index (χ2n) is 4.40. The second-order valence-corrected chi connectivity index (χ2v) is 5.31. The van der Waals surface area contributed by atoms with Gasteiger partial charge in [0, 0.05) is 22.3 Å². The largest absolute Gasteiger partial charge is 0.325 e. The zero-order valence-electron chi connectivity index (χ0n) is 11.0. The molecule has 0 saturated heterocycles. The fourth-order valence-corrected chi connectivity index (χ4v) is 2.17. The molecule has 0 aliphatic carbocycles. The van der Waals surface area contributed by atoms with Gasteiger partial charge in [0.2, 0.25) is 5.91 Å². The third kappa shape index (κ3) is 4.91. The maximum atomic E-state index is 13.5. The summed E-state index contributed by atoms with van der Waals surface area (Å²) in [5.74, 6) is -1.08. The first-order valence-corrected chi connectivity index (χ1v) is 7.04. The van der Waals surface area contributed by atoms with Crippen molar-refractivity contribution in [2.45, 2.75) is 6.54 Å². The Balaban J connectivity index is 1.83. The van der Waals surface area contributed by atoms with Crippen molar-refractivity contribution in [1.82, 2.24) is 5.32 Å². The molecule has 0 bridgehead atoms. The van der Waals surface area contributed by atoms with Crippen molar-refractivity contribution in [3.8, 4) is 0 Å². The van der Waals surface area contributed by atoms with E-state index in [9.17, 15) is 13.6 Å². The number of nitrogens with one attached hydrogen (secondary N) is 2. The molecule has 0 saturated carbocycles. The number of rotatable bonds is 5. The molecule has 0 spiro atoms. The first kappa shape index (κ1) is 15.6. The van der Waals surface area contributed by atoms with Gasteiger partial charge in [-0.1, -0.05) is 22.0 Å². The average molecular weight is 355 g/mol. The summed E-state index contributed by atoms with van der Waals surface area (Å²) in [5, 5.41) is 5.39. The van der Waals surface area contributed by atoms with E-state index in [4.69, 9.17) is 0 Å². The SMILES string of the molecule is O=C(CNCc1cc(Br)ccc1F)Nc1cccc(F)c1. The Hall–Kier alpha value is -1.79. The number of hydrogen-bond acceptors (Lipinski definition) is 2. The number of anilines is 1. The van der Waals surface area contributed by atoms with Gasteiger partial charge in [0.1, 0.15) is 11.6 Å². The van der Waals surface area contributed by atoms with Crippen molar-refractivity contribution < 1.29 is 13.6 Å². The van der Waals surface area contributed by atoms with Gasteiger partial charge in [-0.3, -0.25) is 4.79 Å². The molecule has 2 aromatic carbocycles. The van der Waals surface area contributed by atoms with E-state index in [1.54, 1.807) is 18.2 Å². The van der Waals surface area contributed by atoms with E-state index in [1.807, 2.05) is 0 Å². The Kier molecular flexibility index (Phi) is 5.41. The van der Waals surface area contributed by atoms with Gasteiger partial charge in [-0.15, -0.1) is 0 Å². The van der Waals surface area contributed by atoms with Crippen LogP contribution in [0.15, 0.2) is 46.9 Å². The van der Waals surface area contributed by atoms with Crippen molar-refractivity contribution >= 4 is 27.5 Å². The van der Waals surface area contributed by atoms with Crippen molar-refractivity contribution in [2.24, 2.45) is 0 Å². The van der Waals surface area contributed by atoms with Gasteiger partial charge < -0.3 is 10.6 Å². The number of amides is 1. The van der Waals surface area contributed by atoms with Crippen molar-refractivity contribution in [3.63, 3.8) is 0 Å². The summed E-state index contributed by atoms with van der Waals surface area (Å²) >= 11 is 3.26. The van der Waals surface area contributed by atoms with E-state index in [0.29, 0.717) is 11.3 Å². The van der Waals surface area contributed by atoms with Crippen LogP contribution in [0.25, 0.3) is 0 Å². The summed E-state index contributed by atoms with van der Waals surface area (Å²) in [6.07, 6.45) is 0. The summed E-state index contributed by atoms with van der Waals surface area (Å²) in [6.45, 7) is 0.226. The van der Waals surface area contributed by atoms with Crippen LogP contribution in [-0.4, -0.2) is 12.5 Å². The summed E-state index contributed by atoms with van der Waals surface area (Å²) in [6, 6.07) is 10.2. The molecule has 0 heterocycles. The van der Waals surface area contributed by atoms with Crippen LogP contribution in [0.2, 0.25) is 0 Å². The Morgan fingerprint density at radius 2 is 1.95 bits per heavy atom. The molecule has 0 aromatic heterocycles. The molecule has 2 N–H and O–H groups in total. The number of hydrogen-bond donors (Lipinski definition) is 2. The van der Waals surface area contributed by atoms with Crippen LogP contribution in [0, 0.1) is 11.6 Å². The highest BCUT2D eigenvalue weighted by Crippen LogP contribution is 2.15. The summed E-state index contributed by atoms with van der Waals surface area (Å²) < 4.78 is 27.2. The molecule has 0 unspecified atom stereocenters. The van der Waals surface area contributed by atoms with E-state index >= 15 is 0 Å². The van der Waals surface area contributed by atoms with E-state index in [0.717, 1.165) is 4.47 Å². The normalized spacial score (nSPS) is 10.4. The minimum Gasteiger partial charge on any atom is -0.325 e. The molecule has 110 valence electrons. The Bertz CT molecular complexity index is 649. The topological polar surface area (TPSA) is 41.1 Å². The minimum atomic E-state index is -0.419. The molecule has 2 aromatic rings. The van der Waals surface area contributed by atoms with Crippen molar-refractivity contribution in [3.05, 3.63) is 64.1 Å². The second kappa shape index (κ2) is 7.28. The quantitative estimate of drug-likeness (QED) is 0.863. The number of carbonyl (C=O) groups is 1. The summed E-state index contributed by atoms with van der Waals surface area (Å²) in [7, 11) is 0. The fourth-order valence-electron chi connectivity index (χ4n) is 1.76. The van der Waals surface area contributed by atoms with E-state index in [2.05, 4.69) is 26.6 Å². The van der Waals surface area contributed by atoms with Gasteiger partial charge in [0.25, 0.3) is 0 Å². The first-order valence-electron chi connectivity index (χ1n) is 6.24. The molecule has 0 aliphatic rings. The van der Waals surface area contributed by atoms with Crippen LogP contribution in [0.1, 0.15) is 5.56 Å². The maximum absolute atomic E-state index is 13.5. The Morgan fingerprint density at radius 3 is 2.71 bits per heavy atom. The maximum Gasteiger partial charge on any atom is 0.238 e. The summed E-state index contributed by atoms with van der Waals surface area (Å²) in [4.78, 5) is 11.7. The lowest BCUT2D eigenvalue weighted by Gasteiger charge is -2.08. The van der Waals surface area contributed by atoms with Gasteiger partial charge in [0.05, 0.1) is 6.54 Å². The predicted octanol–water partition coefficient (Wildman–Crippen LogP) is 3.46. The van der Waals surface area contributed by atoms with Crippen LogP contribution in [0.3, 0.4) is 0 Å². The first-order chi connectivity index (χ1) is 10.0. The van der Waals surface area contributed by atoms with Crippen LogP contribution < -0.4 is 10.6 Å². The zero-order chi connectivity index (χ0) is 15.2. The van der Waals surface area contributed by atoms with Crippen molar-refractivity contribution in [2.75, 3.05) is 11.9 Å². The summed E-state index contributed by atoms with van der Waals surface area (Å²) in [5.41, 5.74) is 0.846. The third-order valence-electron chi connectivity index (χ3n) is 2.72. The number of halogens is 3. The smallest absolute Gasteiger partial charge is 0.238 e. The molecule has 21 heavy (non-hydrogen) atoms. The Labute approximate surface area is 129 Å². The lowest BCUT2D eigenvalue weighted by atomic mass is 10.2. The fraction of sp³-hybridized carbons (Fsp3) is 0.133. The standard InChI is InChI=1S/C15H13BrF2N2O/c16-11-4-5-14(18)10(6-11)8-19-9-15(21)20-13-3-1-2-12(17)7-13/h1-7,19H,8-9H2,(H,20,21). The minimum absolute atomic E-state index is 0.00245. The van der Waals surface area contributed by atoms with E-state index in [-0.39, 0.29) is 24.8 Å². The van der Waals surface area contributed by atoms with E-state index in [1.165, 1.54) is 24.3 Å². The monoisotopic (exact) mass is 354 g/mol. The highest BCUT2D eigenvalue weighted by atomic mass is 79.9. The van der Waals surface area contributed by atoms with Gasteiger partial charge in [-0.25, -0.2) is 8.78 Å². The molecule has 3 nitrogen and oxygen atoms in total. The third-order valence-corrected chi connectivity index (χ3v) is 3.21. The molecular weight excluding hydrogens is 342 g/mol. The number of carbonyl (C=O) groups excluding carboxylic acids is 1. The average Bonchev–Trinajstić information content (AvgIpc) is 2.42. The van der Waals surface area contributed by atoms with Gasteiger partial charge in [-0.05, 0) is 36.4 Å². The predicted molar refractivity (Wildman–Crippen MR) is 80.8 cm³/mol. The van der Waals surface area contributed by atoms with Crippen LogP contribution in [-0.2, 0) is 11.3 Å². The van der Waals surface area contributed by atoms with Crippen LogP contribution >= 0.6 is 15.9 Å². The molecule has 0 aliphatic heterocycles. The lowest BCUT2D eigenvalue weighted by molar-refractivity contribution is -0.115. The highest BCUT2D eigenvalue weighted by Gasteiger charge is 2.05. The molecule has 0 atom stereocenters. The zero-order valence-corrected chi connectivity index (χ0v) is 12.6. The van der Waals surface area contributed by atoms with Gasteiger partial charge >= 0.3 is 0 Å². The Morgan fingerprint density at radius 1 is 1.14 bits per heavy atom. The molecular formula is C15H13BrF2N2O. The van der Waals surface area contributed by atoms with Crippen LogP contribution in [0.5, 0.6) is 0 Å². The number of benzene rings is 2. The highest BCUT2D eigenvalue weighted by molar-refractivity contribution is 9.10. The van der Waals surface area contributed by atoms with Gasteiger partial charge in [-0.2, -0.15) is 0 Å². The molecule has 0 radical (unpaired) electrons. The van der Waals surface area contributed by atoms with Crippen LogP contribution in [0.4, 0.5) is 14.5 Å².